The molecule has 0 bridgehead atoms. The fraction of sp³-hybridized carbons (Fsp3) is 0.545. The summed E-state index contributed by atoms with van der Waals surface area (Å²) >= 11 is 0. The SMILES string of the molecule is CC(C)c1cc[c-](C(C)C)c1.[Cl-].[Cl-].[Cl-].[Ti+4]. The smallest absolute Gasteiger partial charge is 1.00 e. The van der Waals surface area contributed by atoms with Crippen LogP contribution in [0.1, 0.15) is 50.7 Å². The molecule has 0 spiro atoms. The fourth-order valence-electron chi connectivity index (χ4n) is 1.20. The molecule has 15 heavy (non-hydrogen) atoms. The molecule has 0 atom stereocenters. The Morgan fingerprint density at radius 2 is 1.47 bits per heavy atom. The predicted molar refractivity (Wildman–Crippen MR) is 50.2 cm³/mol. The van der Waals surface area contributed by atoms with Crippen LogP contribution in [0.4, 0.5) is 0 Å². The van der Waals surface area contributed by atoms with Crippen LogP contribution in [0, 0.1) is 0 Å². The van der Waals surface area contributed by atoms with Gasteiger partial charge in [0.1, 0.15) is 0 Å². The van der Waals surface area contributed by atoms with Crippen molar-refractivity contribution in [2.75, 3.05) is 0 Å². The monoisotopic (exact) mass is 302 g/mol. The molecular formula is C11H17Cl3Ti. The molecule has 0 amide bonds. The Bertz CT molecular complexity index is 209. The van der Waals surface area contributed by atoms with Crippen molar-refractivity contribution < 1.29 is 58.9 Å². The number of halogens is 3. The molecule has 0 N–H and O–H groups in total. The molecule has 0 saturated carbocycles. The first kappa shape index (κ1) is 25.0. The molecule has 1 aromatic rings. The van der Waals surface area contributed by atoms with Crippen LogP contribution < -0.4 is 37.2 Å². The number of hydrogen-bond acceptors (Lipinski definition) is 0. The maximum Gasteiger partial charge on any atom is 4.00 e. The first-order valence-electron chi connectivity index (χ1n) is 4.37. The van der Waals surface area contributed by atoms with E-state index in [4.69, 9.17) is 0 Å². The van der Waals surface area contributed by atoms with Gasteiger partial charge in [0, 0.05) is 0 Å². The van der Waals surface area contributed by atoms with Crippen LogP contribution in [0.5, 0.6) is 0 Å². The van der Waals surface area contributed by atoms with E-state index in [0.717, 1.165) is 0 Å². The van der Waals surface area contributed by atoms with Crippen LogP contribution in [0.2, 0.25) is 0 Å². The van der Waals surface area contributed by atoms with Crippen molar-refractivity contribution in [1.29, 1.82) is 0 Å². The minimum Gasteiger partial charge on any atom is -1.00 e. The van der Waals surface area contributed by atoms with Crippen molar-refractivity contribution in [2.24, 2.45) is 0 Å². The summed E-state index contributed by atoms with van der Waals surface area (Å²) in [5, 5.41) is 0. The van der Waals surface area contributed by atoms with Gasteiger partial charge in [0.2, 0.25) is 0 Å². The van der Waals surface area contributed by atoms with E-state index in [1.54, 1.807) is 0 Å². The van der Waals surface area contributed by atoms with E-state index < -0.39 is 0 Å². The van der Waals surface area contributed by atoms with Crippen LogP contribution in [0.3, 0.4) is 0 Å². The molecule has 0 unspecified atom stereocenters. The Morgan fingerprint density at radius 3 is 1.67 bits per heavy atom. The van der Waals surface area contributed by atoms with Gasteiger partial charge < -0.3 is 37.2 Å². The van der Waals surface area contributed by atoms with Crippen molar-refractivity contribution in [2.45, 2.75) is 39.5 Å². The van der Waals surface area contributed by atoms with E-state index >= 15 is 0 Å². The van der Waals surface area contributed by atoms with Crippen LogP contribution >= 0.6 is 0 Å². The quantitative estimate of drug-likeness (QED) is 0.378. The van der Waals surface area contributed by atoms with Crippen molar-refractivity contribution in [1.82, 2.24) is 0 Å². The summed E-state index contributed by atoms with van der Waals surface area (Å²) in [5.74, 6) is 1.34. The van der Waals surface area contributed by atoms with Crippen LogP contribution in [0.25, 0.3) is 0 Å². The minimum absolute atomic E-state index is 0. The second-order valence-electron chi connectivity index (χ2n) is 3.79. The third kappa shape index (κ3) is 7.77. The summed E-state index contributed by atoms with van der Waals surface area (Å²) in [4.78, 5) is 0. The normalized spacial score (nSPS) is 8.40. The molecule has 4 heteroatoms. The third-order valence-corrected chi connectivity index (χ3v) is 2.13. The largest absolute Gasteiger partial charge is 4.00 e. The number of hydrogen-bond donors (Lipinski definition) is 0. The molecule has 0 aromatic heterocycles. The molecule has 0 aliphatic heterocycles. The summed E-state index contributed by atoms with van der Waals surface area (Å²) in [6, 6.07) is 6.79. The average molecular weight is 303 g/mol. The zero-order valence-corrected chi connectivity index (χ0v) is 13.3. The van der Waals surface area contributed by atoms with E-state index in [9.17, 15) is 0 Å². The predicted octanol–water partition coefficient (Wildman–Crippen LogP) is -5.34. The van der Waals surface area contributed by atoms with Gasteiger partial charge in [-0.05, 0) is 0 Å². The molecular weight excluding hydrogens is 286 g/mol. The first-order chi connectivity index (χ1) is 5.11. The Morgan fingerprint density at radius 1 is 1.00 bits per heavy atom. The maximum atomic E-state index is 2.31. The van der Waals surface area contributed by atoms with Crippen molar-refractivity contribution in [3.05, 3.63) is 29.3 Å². The van der Waals surface area contributed by atoms with Crippen molar-refractivity contribution >= 4 is 0 Å². The van der Waals surface area contributed by atoms with Gasteiger partial charge in [-0.15, -0.1) is 0 Å². The van der Waals surface area contributed by atoms with Crippen LogP contribution in [-0.4, -0.2) is 0 Å². The second kappa shape index (κ2) is 11.4. The van der Waals surface area contributed by atoms with Gasteiger partial charge in [-0.1, -0.05) is 39.5 Å². The number of rotatable bonds is 2. The summed E-state index contributed by atoms with van der Waals surface area (Å²) < 4.78 is 0. The van der Waals surface area contributed by atoms with Gasteiger partial charge in [-0.25, -0.2) is 6.07 Å². The molecule has 0 aliphatic carbocycles. The molecule has 86 valence electrons. The Labute approximate surface area is 127 Å². The maximum absolute atomic E-state index is 2.31. The molecule has 1 aromatic carbocycles. The Hall–Kier alpha value is 0.934. The molecule has 0 fully saturated rings. The van der Waals surface area contributed by atoms with E-state index in [1.165, 1.54) is 11.1 Å². The van der Waals surface area contributed by atoms with E-state index in [1.807, 2.05) is 0 Å². The topological polar surface area (TPSA) is 0 Å². The van der Waals surface area contributed by atoms with Gasteiger partial charge in [0.05, 0.1) is 0 Å². The van der Waals surface area contributed by atoms with Gasteiger partial charge in [-0.3, -0.25) is 0 Å². The molecule has 0 heterocycles. The summed E-state index contributed by atoms with van der Waals surface area (Å²) in [5.41, 5.74) is 2.93. The summed E-state index contributed by atoms with van der Waals surface area (Å²) in [7, 11) is 0. The first-order valence-corrected chi connectivity index (χ1v) is 4.37. The van der Waals surface area contributed by atoms with Gasteiger partial charge in [0.25, 0.3) is 0 Å². The Balaban J connectivity index is -0.000000151. The minimum atomic E-state index is 0. The Kier molecular flexibility index (Phi) is 19.0. The molecule has 0 aliphatic rings. The van der Waals surface area contributed by atoms with Gasteiger partial charge in [-0.2, -0.15) is 23.3 Å². The second-order valence-corrected chi connectivity index (χ2v) is 3.79. The van der Waals surface area contributed by atoms with Crippen molar-refractivity contribution in [3.63, 3.8) is 0 Å². The standard InChI is InChI=1S/C11H17.3ClH.Ti/c1-8(2)10-5-6-11(7-10)9(3)4;;;;/h5-9H,1-4H3;3*1H;/q-1;;;;+4/p-3. The fourth-order valence-corrected chi connectivity index (χ4v) is 1.20. The van der Waals surface area contributed by atoms with Crippen molar-refractivity contribution in [3.8, 4) is 0 Å². The van der Waals surface area contributed by atoms with E-state index in [2.05, 4.69) is 45.9 Å². The molecule has 0 saturated heterocycles. The summed E-state index contributed by atoms with van der Waals surface area (Å²) in [6.07, 6.45) is 0. The molecule has 0 nitrogen and oxygen atoms in total. The van der Waals surface area contributed by atoms with Crippen LogP contribution in [-0.2, 0) is 21.7 Å². The van der Waals surface area contributed by atoms with E-state index in [-0.39, 0.29) is 58.9 Å². The van der Waals surface area contributed by atoms with Gasteiger partial charge in [0.15, 0.2) is 0 Å². The van der Waals surface area contributed by atoms with E-state index in [0.29, 0.717) is 11.8 Å². The van der Waals surface area contributed by atoms with Crippen LogP contribution in [0.15, 0.2) is 18.2 Å². The molecule has 1 rings (SSSR count). The average Bonchev–Trinajstić information content (AvgIpc) is 2.33. The molecule has 0 radical (unpaired) electrons. The third-order valence-electron chi connectivity index (χ3n) is 2.13. The zero-order valence-electron chi connectivity index (χ0n) is 9.52. The van der Waals surface area contributed by atoms with Gasteiger partial charge >= 0.3 is 21.7 Å². The zero-order chi connectivity index (χ0) is 8.43. The summed E-state index contributed by atoms with van der Waals surface area (Å²) in [6.45, 7) is 8.94.